The molecule has 1 N–H and O–H groups in total. The first-order valence-corrected chi connectivity index (χ1v) is 11.0. The third-order valence-electron chi connectivity index (χ3n) is 4.01. The Labute approximate surface area is 155 Å². The fourth-order valence-electron chi connectivity index (χ4n) is 2.31. The molecule has 138 valence electrons. The van der Waals surface area contributed by atoms with Crippen LogP contribution in [0.4, 0.5) is 4.79 Å². The number of hydrogen-bond donors (Lipinski definition) is 1. The van der Waals surface area contributed by atoms with Crippen molar-refractivity contribution >= 4 is 26.8 Å². The Morgan fingerprint density at radius 3 is 2.32 bits per heavy atom. The minimum Gasteiger partial charge on any atom is -0.343 e. The second-order valence-electron chi connectivity index (χ2n) is 6.37. The molecule has 0 saturated heterocycles. The summed E-state index contributed by atoms with van der Waals surface area (Å²) in [4.78, 5) is 11.8. The van der Waals surface area contributed by atoms with E-state index in [9.17, 15) is 13.2 Å². The molecule has 0 radical (unpaired) electrons. The first kappa shape index (κ1) is 21.5. The zero-order valence-corrected chi connectivity index (χ0v) is 16.8. The molecule has 7 heteroatoms. The third kappa shape index (κ3) is 7.09. The number of nitrogens with one attached hydrogen (secondary N) is 1. The Bertz CT molecular complexity index is 707. The van der Waals surface area contributed by atoms with Crippen LogP contribution in [0.1, 0.15) is 38.8 Å². The molecule has 0 aliphatic heterocycles. The van der Waals surface area contributed by atoms with Crippen LogP contribution in [0.5, 0.6) is 0 Å². The minimum atomic E-state index is -3.37. The molecular weight excluding hydrogens is 356 g/mol. The summed E-state index contributed by atoms with van der Waals surface area (Å²) in [5, 5.41) is 10.9. The van der Waals surface area contributed by atoms with Gasteiger partial charge in [-0.05, 0) is 42.7 Å². The number of rotatable bonds is 8. The third-order valence-corrected chi connectivity index (χ3v) is 6.90. The van der Waals surface area contributed by atoms with Crippen LogP contribution >= 0.6 is 11.8 Å². The van der Waals surface area contributed by atoms with Gasteiger partial charge in [0, 0.05) is 6.04 Å². The average Bonchev–Trinajstić information content (AvgIpc) is 2.54. The number of nitrogens with zero attached hydrogens (tertiary/aromatic N) is 1. The molecule has 1 aromatic carbocycles. The molecule has 1 rings (SSSR count). The van der Waals surface area contributed by atoms with Crippen LogP contribution in [0.3, 0.4) is 0 Å². The number of benzene rings is 1. The standard InChI is InChI=1S/C18H26N2O3S2/c1-5-24-18(21)20-17(13(2)3)12-25(22,23)14(4)10-15-6-8-16(11-19)9-7-15/h6-9,13-14,17H,5,10,12H2,1-4H3,(H,20,21)/t14?,17-/m1/s1. The molecule has 0 aliphatic carbocycles. The van der Waals surface area contributed by atoms with Crippen molar-refractivity contribution in [2.45, 2.75) is 45.4 Å². The Hall–Kier alpha value is -1.52. The number of amides is 1. The lowest BCUT2D eigenvalue weighted by Crippen LogP contribution is -2.43. The van der Waals surface area contributed by atoms with Crippen LogP contribution in [-0.2, 0) is 16.3 Å². The van der Waals surface area contributed by atoms with Gasteiger partial charge in [-0.3, -0.25) is 4.79 Å². The Balaban J connectivity index is 2.78. The van der Waals surface area contributed by atoms with E-state index in [-0.39, 0.29) is 16.9 Å². The molecule has 0 heterocycles. The van der Waals surface area contributed by atoms with Crippen LogP contribution < -0.4 is 5.32 Å². The zero-order chi connectivity index (χ0) is 19.0. The van der Waals surface area contributed by atoms with Crippen LogP contribution in [0.2, 0.25) is 0 Å². The van der Waals surface area contributed by atoms with Gasteiger partial charge in [-0.2, -0.15) is 5.26 Å². The smallest absolute Gasteiger partial charge is 0.279 e. The van der Waals surface area contributed by atoms with E-state index in [2.05, 4.69) is 5.32 Å². The zero-order valence-electron chi connectivity index (χ0n) is 15.2. The van der Waals surface area contributed by atoms with Crippen molar-refractivity contribution in [2.24, 2.45) is 5.92 Å². The van der Waals surface area contributed by atoms with Crippen molar-refractivity contribution in [2.75, 3.05) is 11.5 Å². The first-order valence-electron chi connectivity index (χ1n) is 8.33. The minimum absolute atomic E-state index is 0.0262. The number of carbonyl (C=O) groups excluding carboxylic acids is 1. The molecule has 2 atom stereocenters. The predicted molar refractivity (Wildman–Crippen MR) is 103 cm³/mol. The van der Waals surface area contributed by atoms with Crippen LogP contribution in [0, 0.1) is 17.2 Å². The molecule has 1 unspecified atom stereocenters. The number of hydrogen-bond acceptors (Lipinski definition) is 5. The summed E-state index contributed by atoms with van der Waals surface area (Å²) in [7, 11) is -3.37. The lowest BCUT2D eigenvalue weighted by molar-refractivity contribution is 0.255. The average molecular weight is 383 g/mol. The van der Waals surface area contributed by atoms with E-state index in [0.29, 0.717) is 17.7 Å². The number of nitriles is 1. The fourth-order valence-corrected chi connectivity index (χ4v) is 4.55. The van der Waals surface area contributed by atoms with Crippen molar-refractivity contribution in [1.29, 1.82) is 5.26 Å². The van der Waals surface area contributed by atoms with Gasteiger partial charge in [-0.25, -0.2) is 8.42 Å². The highest BCUT2D eigenvalue weighted by Crippen LogP contribution is 2.16. The molecule has 1 amide bonds. The van der Waals surface area contributed by atoms with E-state index in [4.69, 9.17) is 5.26 Å². The molecule has 0 spiro atoms. The second-order valence-corrected chi connectivity index (χ2v) is 10.1. The van der Waals surface area contributed by atoms with Gasteiger partial charge in [-0.1, -0.05) is 44.7 Å². The number of thioether (sulfide) groups is 1. The Morgan fingerprint density at radius 2 is 1.84 bits per heavy atom. The normalized spacial score (nSPS) is 13.9. The van der Waals surface area contributed by atoms with Crippen LogP contribution in [0.15, 0.2) is 24.3 Å². The maximum absolute atomic E-state index is 12.7. The summed E-state index contributed by atoms with van der Waals surface area (Å²) in [6.07, 6.45) is 0.385. The van der Waals surface area contributed by atoms with Gasteiger partial charge in [0.05, 0.1) is 22.6 Å². The van der Waals surface area contributed by atoms with E-state index < -0.39 is 21.1 Å². The van der Waals surface area contributed by atoms with E-state index in [1.54, 1.807) is 31.2 Å². The van der Waals surface area contributed by atoms with Gasteiger partial charge in [0.1, 0.15) is 0 Å². The highest BCUT2D eigenvalue weighted by Gasteiger charge is 2.28. The monoisotopic (exact) mass is 382 g/mol. The van der Waals surface area contributed by atoms with E-state index >= 15 is 0 Å². The van der Waals surface area contributed by atoms with Crippen molar-refractivity contribution < 1.29 is 13.2 Å². The highest BCUT2D eigenvalue weighted by molar-refractivity contribution is 8.13. The number of sulfone groups is 1. The van der Waals surface area contributed by atoms with Gasteiger partial charge in [0.25, 0.3) is 5.24 Å². The summed E-state index contributed by atoms with van der Waals surface area (Å²) in [5.41, 5.74) is 1.43. The quantitative estimate of drug-likeness (QED) is 0.744. The van der Waals surface area contributed by atoms with Gasteiger partial charge >= 0.3 is 0 Å². The molecular formula is C18H26N2O3S2. The van der Waals surface area contributed by atoms with E-state index in [1.807, 2.05) is 26.8 Å². The Kier molecular flexibility index (Phi) is 8.46. The van der Waals surface area contributed by atoms with E-state index in [0.717, 1.165) is 17.3 Å². The summed E-state index contributed by atoms with van der Waals surface area (Å²) in [6, 6.07) is 8.58. The van der Waals surface area contributed by atoms with Crippen molar-refractivity contribution in [3.05, 3.63) is 35.4 Å². The van der Waals surface area contributed by atoms with Gasteiger partial charge in [0.15, 0.2) is 9.84 Å². The SMILES string of the molecule is CCSC(=O)N[C@H](CS(=O)(=O)C(C)Cc1ccc(C#N)cc1)C(C)C. The summed E-state index contributed by atoms with van der Waals surface area (Å²) < 4.78 is 25.4. The predicted octanol–water partition coefficient (Wildman–Crippen LogP) is 3.39. The molecule has 0 saturated carbocycles. The highest BCUT2D eigenvalue weighted by atomic mass is 32.2. The van der Waals surface area contributed by atoms with E-state index in [1.165, 1.54) is 0 Å². The molecule has 1 aromatic rings. The summed E-state index contributed by atoms with van der Waals surface area (Å²) >= 11 is 1.15. The van der Waals surface area contributed by atoms with Gasteiger partial charge in [0.2, 0.25) is 0 Å². The Morgan fingerprint density at radius 1 is 1.24 bits per heavy atom. The fraction of sp³-hybridized carbons (Fsp3) is 0.556. The van der Waals surface area contributed by atoms with Crippen LogP contribution in [-0.4, -0.2) is 36.5 Å². The van der Waals surface area contributed by atoms with Crippen molar-refractivity contribution in [3.8, 4) is 6.07 Å². The summed E-state index contributed by atoms with van der Waals surface area (Å²) in [5.74, 6) is 0.606. The molecule has 5 nitrogen and oxygen atoms in total. The molecule has 25 heavy (non-hydrogen) atoms. The molecule has 0 aliphatic rings. The van der Waals surface area contributed by atoms with Crippen molar-refractivity contribution in [1.82, 2.24) is 5.32 Å². The largest absolute Gasteiger partial charge is 0.343 e. The topological polar surface area (TPSA) is 87.0 Å². The lowest BCUT2D eigenvalue weighted by Gasteiger charge is -2.24. The maximum Gasteiger partial charge on any atom is 0.279 e. The number of carbonyl (C=O) groups is 1. The van der Waals surface area contributed by atoms with Gasteiger partial charge in [-0.15, -0.1) is 0 Å². The van der Waals surface area contributed by atoms with Gasteiger partial charge < -0.3 is 5.32 Å². The molecule has 0 aromatic heterocycles. The summed E-state index contributed by atoms with van der Waals surface area (Å²) in [6.45, 7) is 7.38. The van der Waals surface area contributed by atoms with Crippen molar-refractivity contribution in [3.63, 3.8) is 0 Å². The molecule has 0 fully saturated rings. The maximum atomic E-state index is 12.7. The lowest BCUT2D eigenvalue weighted by atomic mass is 10.1. The molecule has 0 bridgehead atoms. The van der Waals surface area contributed by atoms with Crippen LogP contribution in [0.25, 0.3) is 0 Å². The second kappa shape index (κ2) is 9.83. The first-order chi connectivity index (χ1) is 11.7.